The van der Waals surface area contributed by atoms with Crippen LogP contribution in [0.5, 0.6) is 0 Å². The zero-order valence-corrected chi connectivity index (χ0v) is 16.6. The number of halogens is 1. The first kappa shape index (κ1) is 22.2. The third-order valence-corrected chi connectivity index (χ3v) is 5.31. The Balaban J connectivity index is 0.00000338. The lowest BCUT2D eigenvalue weighted by molar-refractivity contribution is -0.119. The summed E-state index contributed by atoms with van der Waals surface area (Å²) in [5.74, 6) is -0.324. The highest BCUT2D eigenvalue weighted by atomic mass is 35.5. The van der Waals surface area contributed by atoms with Gasteiger partial charge in [0.1, 0.15) is 0 Å². The molecule has 1 unspecified atom stereocenters. The molecule has 0 bridgehead atoms. The third kappa shape index (κ3) is 7.15. The largest absolute Gasteiger partial charge is 0.326 e. The van der Waals surface area contributed by atoms with Crippen LogP contribution >= 0.6 is 12.4 Å². The van der Waals surface area contributed by atoms with Crippen molar-refractivity contribution in [1.29, 1.82) is 0 Å². The van der Waals surface area contributed by atoms with Gasteiger partial charge >= 0.3 is 0 Å². The number of nitrogens with one attached hydrogen (secondary N) is 2. The highest BCUT2D eigenvalue weighted by molar-refractivity contribution is 7.89. The molecule has 7 heteroatoms. The molecule has 2 aromatic carbocycles. The summed E-state index contributed by atoms with van der Waals surface area (Å²) in [6.45, 7) is 2.41. The lowest BCUT2D eigenvalue weighted by Gasteiger charge is -2.12. The van der Waals surface area contributed by atoms with Gasteiger partial charge in [-0.05, 0) is 30.3 Å². The topological polar surface area (TPSA) is 75.3 Å². The molecular formula is C19H25ClN2O3S. The van der Waals surface area contributed by atoms with Gasteiger partial charge in [-0.3, -0.25) is 4.79 Å². The molecular weight excluding hydrogens is 372 g/mol. The predicted octanol–water partition coefficient (Wildman–Crippen LogP) is 3.02. The van der Waals surface area contributed by atoms with Crippen LogP contribution in [0.1, 0.15) is 18.1 Å². The van der Waals surface area contributed by atoms with E-state index in [0.29, 0.717) is 17.8 Å². The van der Waals surface area contributed by atoms with E-state index < -0.39 is 9.84 Å². The first-order valence-electron chi connectivity index (χ1n) is 8.18. The summed E-state index contributed by atoms with van der Waals surface area (Å²) in [6, 6.07) is 16.1. The molecule has 0 aliphatic carbocycles. The van der Waals surface area contributed by atoms with Crippen LogP contribution in [0.25, 0.3) is 0 Å². The smallest absolute Gasteiger partial charge is 0.228 e. The minimum absolute atomic E-state index is 0. The van der Waals surface area contributed by atoms with E-state index in [9.17, 15) is 13.2 Å². The summed E-state index contributed by atoms with van der Waals surface area (Å²) >= 11 is 0. The van der Waals surface area contributed by atoms with Gasteiger partial charge in [-0.2, -0.15) is 0 Å². The molecule has 0 fully saturated rings. The average Bonchev–Trinajstić information content (AvgIpc) is 2.55. The van der Waals surface area contributed by atoms with Gasteiger partial charge in [-0.15, -0.1) is 12.4 Å². The molecule has 1 amide bonds. The second-order valence-corrected chi connectivity index (χ2v) is 8.23. The van der Waals surface area contributed by atoms with E-state index in [1.807, 2.05) is 25.1 Å². The lowest BCUT2D eigenvalue weighted by Crippen LogP contribution is -2.28. The lowest BCUT2D eigenvalue weighted by atomic mass is 10.1. The van der Waals surface area contributed by atoms with Crippen molar-refractivity contribution in [3.63, 3.8) is 0 Å². The second kappa shape index (κ2) is 10.3. The number of carbonyl (C=O) groups is 1. The average molecular weight is 397 g/mol. The van der Waals surface area contributed by atoms with E-state index in [1.54, 1.807) is 43.4 Å². The fourth-order valence-electron chi connectivity index (χ4n) is 2.54. The van der Waals surface area contributed by atoms with Crippen molar-refractivity contribution in [2.75, 3.05) is 18.9 Å². The summed E-state index contributed by atoms with van der Waals surface area (Å²) < 4.78 is 24.8. The number of benzene rings is 2. The van der Waals surface area contributed by atoms with Crippen LogP contribution in [0, 0.1) is 5.92 Å². The number of anilines is 1. The Morgan fingerprint density at radius 3 is 2.27 bits per heavy atom. The summed E-state index contributed by atoms with van der Waals surface area (Å²) in [4.78, 5) is 12.1. The molecule has 2 aromatic rings. The van der Waals surface area contributed by atoms with Crippen LogP contribution in [0.2, 0.25) is 0 Å². The van der Waals surface area contributed by atoms with Crippen molar-refractivity contribution in [2.24, 2.45) is 5.92 Å². The SMILES string of the molecule is CNCC(C)C(=O)Nc1cccc(CS(=O)(=O)Cc2ccccc2)c1.Cl. The highest BCUT2D eigenvalue weighted by Gasteiger charge is 2.15. The zero-order chi connectivity index (χ0) is 18.3. The van der Waals surface area contributed by atoms with Crippen molar-refractivity contribution in [3.8, 4) is 0 Å². The van der Waals surface area contributed by atoms with Crippen molar-refractivity contribution in [3.05, 3.63) is 65.7 Å². The van der Waals surface area contributed by atoms with E-state index >= 15 is 0 Å². The quantitative estimate of drug-likeness (QED) is 0.719. The Bertz CT molecular complexity index is 811. The van der Waals surface area contributed by atoms with Gasteiger partial charge in [0.2, 0.25) is 5.91 Å². The number of hydrogen-bond acceptors (Lipinski definition) is 4. The Hall–Kier alpha value is -1.89. The van der Waals surface area contributed by atoms with Gasteiger partial charge in [0.25, 0.3) is 0 Å². The van der Waals surface area contributed by atoms with Crippen molar-refractivity contribution in [2.45, 2.75) is 18.4 Å². The summed E-state index contributed by atoms with van der Waals surface area (Å²) in [7, 11) is -1.49. The molecule has 0 heterocycles. The highest BCUT2D eigenvalue weighted by Crippen LogP contribution is 2.17. The fourth-order valence-corrected chi connectivity index (χ4v) is 4.03. The Labute approximate surface area is 161 Å². The number of hydrogen-bond donors (Lipinski definition) is 2. The maximum atomic E-state index is 12.4. The molecule has 2 rings (SSSR count). The molecule has 0 spiro atoms. The molecule has 0 saturated carbocycles. The first-order chi connectivity index (χ1) is 11.9. The number of sulfone groups is 1. The van der Waals surface area contributed by atoms with Gasteiger partial charge in [0.05, 0.1) is 11.5 Å². The third-order valence-electron chi connectivity index (χ3n) is 3.77. The predicted molar refractivity (Wildman–Crippen MR) is 108 cm³/mol. The van der Waals surface area contributed by atoms with Crippen LogP contribution in [0.15, 0.2) is 54.6 Å². The molecule has 0 saturated heterocycles. The number of rotatable bonds is 8. The van der Waals surface area contributed by atoms with Crippen molar-refractivity contribution < 1.29 is 13.2 Å². The van der Waals surface area contributed by atoms with Crippen LogP contribution in [0.4, 0.5) is 5.69 Å². The van der Waals surface area contributed by atoms with E-state index in [1.165, 1.54) is 0 Å². The van der Waals surface area contributed by atoms with Crippen molar-refractivity contribution >= 4 is 33.8 Å². The second-order valence-electron chi connectivity index (χ2n) is 6.17. The Kier molecular flexibility index (Phi) is 8.78. The zero-order valence-electron chi connectivity index (χ0n) is 14.9. The van der Waals surface area contributed by atoms with Crippen LogP contribution < -0.4 is 10.6 Å². The van der Waals surface area contributed by atoms with Gasteiger partial charge in [0, 0.05) is 18.2 Å². The molecule has 5 nitrogen and oxygen atoms in total. The maximum Gasteiger partial charge on any atom is 0.228 e. The molecule has 0 aliphatic rings. The number of amides is 1. The van der Waals surface area contributed by atoms with Crippen LogP contribution in [-0.4, -0.2) is 27.9 Å². The molecule has 142 valence electrons. The molecule has 2 N–H and O–H groups in total. The van der Waals surface area contributed by atoms with Gasteiger partial charge in [-0.25, -0.2) is 8.42 Å². The molecule has 0 aromatic heterocycles. The van der Waals surface area contributed by atoms with E-state index in [2.05, 4.69) is 10.6 Å². The van der Waals surface area contributed by atoms with E-state index in [4.69, 9.17) is 0 Å². The Morgan fingerprint density at radius 2 is 1.62 bits per heavy atom. The van der Waals surface area contributed by atoms with Gasteiger partial charge in [0.15, 0.2) is 9.84 Å². The fraction of sp³-hybridized carbons (Fsp3) is 0.316. The molecule has 1 atom stereocenters. The summed E-state index contributed by atoms with van der Waals surface area (Å²) in [5.41, 5.74) is 2.04. The number of carbonyl (C=O) groups excluding carboxylic acids is 1. The summed E-state index contributed by atoms with van der Waals surface area (Å²) in [6.07, 6.45) is 0. The minimum atomic E-state index is -3.28. The standard InChI is InChI=1S/C19H24N2O3S.ClH/c1-15(12-20-2)19(22)21-18-10-6-9-17(11-18)14-25(23,24)13-16-7-4-3-5-8-16;/h3-11,15,20H,12-14H2,1-2H3,(H,21,22);1H. The molecule has 26 heavy (non-hydrogen) atoms. The maximum absolute atomic E-state index is 12.4. The van der Waals surface area contributed by atoms with Gasteiger partial charge < -0.3 is 10.6 Å². The monoisotopic (exact) mass is 396 g/mol. The van der Waals surface area contributed by atoms with E-state index in [0.717, 1.165) is 5.56 Å². The van der Waals surface area contributed by atoms with Crippen LogP contribution in [0.3, 0.4) is 0 Å². The van der Waals surface area contributed by atoms with E-state index in [-0.39, 0.29) is 35.7 Å². The molecule has 0 aliphatic heterocycles. The van der Waals surface area contributed by atoms with Gasteiger partial charge in [-0.1, -0.05) is 49.4 Å². The minimum Gasteiger partial charge on any atom is -0.326 e. The first-order valence-corrected chi connectivity index (χ1v) is 10.0. The Morgan fingerprint density at radius 1 is 1.00 bits per heavy atom. The molecule has 0 radical (unpaired) electrons. The summed E-state index contributed by atoms with van der Waals surface area (Å²) in [5, 5.41) is 5.79. The van der Waals surface area contributed by atoms with Crippen molar-refractivity contribution in [1.82, 2.24) is 5.32 Å². The van der Waals surface area contributed by atoms with Crippen LogP contribution in [-0.2, 0) is 26.1 Å². The normalized spacial score (nSPS) is 12.1.